The minimum Gasteiger partial charge on any atom is -0.354 e. The maximum Gasteiger partial charge on any atom is 0.243 e. The van der Waals surface area contributed by atoms with E-state index in [0.717, 1.165) is 12.0 Å². The van der Waals surface area contributed by atoms with Gasteiger partial charge in [0, 0.05) is 12.1 Å². The normalized spacial score (nSPS) is 10.8. The zero-order valence-electron chi connectivity index (χ0n) is 11.8. The Hall–Kier alpha value is -2.24. The number of carbonyl (C=O) groups excluding carboxylic acids is 1. The molecule has 0 aliphatic carbocycles. The predicted molar refractivity (Wildman–Crippen MR) is 75.7 cm³/mol. The second-order valence-corrected chi connectivity index (χ2v) is 5.04. The lowest BCUT2D eigenvalue weighted by atomic mass is 10.1. The predicted octanol–water partition coefficient (Wildman–Crippen LogP) is 1.50. The molecule has 0 atom stereocenters. The SMILES string of the molecule is CC(C)CCNC(=O)Cn1nnc(-c2ccccc2)n1. The minimum atomic E-state index is -0.0948. The first kappa shape index (κ1) is 14.2. The highest BCUT2D eigenvalue weighted by molar-refractivity contribution is 5.75. The second kappa shape index (κ2) is 6.79. The largest absolute Gasteiger partial charge is 0.354 e. The van der Waals surface area contributed by atoms with Crippen molar-refractivity contribution in [3.05, 3.63) is 30.3 Å². The lowest BCUT2D eigenvalue weighted by Gasteiger charge is -2.06. The van der Waals surface area contributed by atoms with Gasteiger partial charge < -0.3 is 5.32 Å². The van der Waals surface area contributed by atoms with Crippen molar-refractivity contribution in [1.29, 1.82) is 0 Å². The first-order chi connectivity index (χ1) is 9.65. The van der Waals surface area contributed by atoms with Crippen LogP contribution in [0.4, 0.5) is 0 Å². The van der Waals surface area contributed by atoms with Crippen LogP contribution in [0.25, 0.3) is 11.4 Å². The average molecular weight is 273 g/mol. The van der Waals surface area contributed by atoms with Gasteiger partial charge in [-0.2, -0.15) is 4.80 Å². The summed E-state index contributed by atoms with van der Waals surface area (Å²) in [5, 5.41) is 14.9. The van der Waals surface area contributed by atoms with Gasteiger partial charge >= 0.3 is 0 Å². The molecule has 0 saturated carbocycles. The Morgan fingerprint density at radius 1 is 1.30 bits per heavy atom. The van der Waals surface area contributed by atoms with Crippen molar-refractivity contribution in [3.8, 4) is 11.4 Å². The fourth-order valence-electron chi connectivity index (χ4n) is 1.70. The van der Waals surface area contributed by atoms with Crippen LogP contribution in [0.15, 0.2) is 30.3 Å². The van der Waals surface area contributed by atoms with Crippen molar-refractivity contribution in [2.45, 2.75) is 26.8 Å². The molecule has 1 amide bonds. The fraction of sp³-hybridized carbons (Fsp3) is 0.429. The summed E-state index contributed by atoms with van der Waals surface area (Å²) >= 11 is 0. The van der Waals surface area contributed by atoms with Crippen molar-refractivity contribution in [2.24, 2.45) is 5.92 Å². The number of rotatable bonds is 6. The number of hydrogen-bond acceptors (Lipinski definition) is 4. The van der Waals surface area contributed by atoms with Gasteiger partial charge in [-0.15, -0.1) is 10.2 Å². The zero-order valence-corrected chi connectivity index (χ0v) is 11.8. The van der Waals surface area contributed by atoms with Crippen molar-refractivity contribution >= 4 is 5.91 Å². The quantitative estimate of drug-likeness (QED) is 0.865. The van der Waals surface area contributed by atoms with Gasteiger partial charge in [-0.25, -0.2) is 0 Å². The summed E-state index contributed by atoms with van der Waals surface area (Å²) < 4.78 is 0. The topological polar surface area (TPSA) is 72.7 Å². The molecule has 0 aliphatic heterocycles. The zero-order chi connectivity index (χ0) is 14.4. The Morgan fingerprint density at radius 3 is 2.75 bits per heavy atom. The monoisotopic (exact) mass is 273 g/mol. The van der Waals surface area contributed by atoms with E-state index in [1.54, 1.807) is 0 Å². The lowest BCUT2D eigenvalue weighted by Crippen LogP contribution is -2.29. The van der Waals surface area contributed by atoms with Crippen LogP contribution in [0.2, 0.25) is 0 Å². The maximum absolute atomic E-state index is 11.7. The third-order valence-electron chi connectivity index (χ3n) is 2.81. The minimum absolute atomic E-state index is 0.0948. The molecule has 106 valence electrons. The number of benzene rings is 1. The van der Waals surface area contributed by atoms with Crippen LogP contribution >= 0.6 is 0 Å². The molecule has 0 bridgehead atoms. The molecule has 0 spiro atoms. The van der Waals surface area contributed by atoms with Gasteiger partial charge in [-0.05, 0) is 17.6 Å². The van der Waals surface area contributed by atoms with E-state index in [1.807, 2.05) is 30.3 Å². The van der Waals surface area contributed by atoms with Crippen LogP contribution in [0.5, 0.6) is 0 Å². The van der Waals surface area contributed by atoms with E-state index >= 15 is 0 Å². The summed E-state index contributed by atoms with van der Waals surface area (Å²) in [7, 11) is 0. The molecular weight excluding hydrogens is 254 g/mol. The Kier molecular flexibility index (Phi) is 4.81. The molecule has 1 aromatic carbocycles. The molecule has 6 nitrogen and oxygen atoms in total. The van der Waals surface area contributed by atoms with Gasteiger partial charge in [0.25, 0.3) is 0 Å². The van der Waals surface area contributed by atoms with E-state index in [9.17, 15) is 4.79 Å². The van der Waals surface area contributed by atoms with Gasteiger partial charge in [0.1, 0.15) is 6.54 Å². The van der Waals surface area contributed by atoms with Gasteiger partial charge in [0.05, 0.1) is 0 Å². The number of nitrogens with one attached hydrogen (secondary N) is 1. The van der Waals surface area contributed by atoms with E-state index in [1.165, 1.54) is 4.80 Å². The van der Waals surface area contributed by atoms with Crippen LogP contribution in [-0.2, 0) is 11.3 Å². The highest BCUT2D eigenvalue weighted by Gasteiger charge is 2.08. The highest BCUT2D eigenvalue weighted by atomic mass is 16.2. The van der Waals surface area contributed by atoms with E-state index in [0.29, 0.717) is 18.3 Å². The molecule has 6 heteroatoms. The molecule has 20 heavy (non-hydrogen) atoms. The number of aromatic nitrogens is 4. The van der Waals surface area contributed by atoms with E-state index in [2.05, 4.69) is 34.6 Å². The van der Waals surface area contributed by atoms with Crippen LogP contribution in [-0.4, -0.2) is 32.7 Å². The fourth-order valence-corrected chi connectivity index (χ4v) is 1.70. The Bertz CT molecular complexity index is 550. The smallest absolute Gasteiger partial charge is 0.243 e. The summed E-state index contributed by atoms with van der Waals surface area (Å²) in [6.45, 7) is 5.02. The molecule has 0 radical (unpaired) electrons. The van der Waals surface area contributed by atoms with Crippen molar-refractivity contribution in [2.75, 3.05) is 6.54 Å². The van der Waals surface area contributed by atoms with Gasteiger partial charge in [-0.3, -0.25) is 4.79 Å². The maximum atomic E-state index is 11.7. The number of hydrogen-bond donors (Lipinski definition) is 1. The highest BCUT2D eigenvalue weighted by Crippen LogP contribution is 2.11. The Morgan fingerprint density at radius 2 is 2.05 bits per heavy atom. The summed E-state index contributed by atoms with van der Waals surface area (Å²) in [5.74, 6) is 1.01. The number of tetrazole rings is 1. The van der Waals surface area contributed by atoms with E-state index in [4.69, 9.17) is 0 Å². The van der Waals surface area contributed by atoms with E-state index in [-0.39, 0.29) is 12.5 Å². The molecule has 1 aromatic heterocycles. The standard InChI is InChI=1S/C14H19N5O/c1-11(2)8-9-15-13(20)10-19-17-14(16-18-19)12-6-4-3-5-7-12/h3-7,11H,8-10H2,1-2H3,(H,15,20). The molecule has 0 saturated heterocycles. The summed E-state index contributed by atoms with van der Waals surface area (Å²) in [5.41, 5.74) is 0.888. The number of carbonyl (C=O) groups is 1. The summed E-state index contributed by atoms with van der Waals surface area (Å²) in [6.07, 6.45) is 0.964. The van der Waals surface area contributed by atoms with Gasteiger partial charge in [0.2, 0.25) is 11.7 Å². The summed E-state index contributed by atoms with van der Waals surface area (Å²) in [4.78, 5) is 13.0. The number of nitrogens with zero attached hydrogens (tertiary/aromatic N) is 4. The molecule has 2 rings (SSSR count). The molecule has 1 heterocycles. The Balaban J connectivity index is 1.88. The first-order valence-electron chi connectivity index (χ1n) is 6.75. The van der Waals surface area contributed by atoms with Crippen LogP contribution in [0, 0.1) is 5.92 Å². The third kappa shape index (κ3) is 4.15. The molecule has 0 fully saturated rings. The molecule has 0 unspecified atom stereocenters. The molecule has 1 N–H and O–H groups in total. The first-order valence-corrected chi connectivity index (χ1v) is 6.75. The van der Waals surface area contributed by atoms with Crippen LogP contribution in [0.3, 0.4) is 0 Å². The van der Waals surface area contributed by atoms with Crippen molar-refractivity contribution in [3.63, 3.8) is 0 Å². The Labute approximate surface area is 118 Å². The number of amides is 1. The third-order valence-corrected chi connectivity index (χ3v) is 2.81. The van der Waals surface area contributed by atoms with Gasteiger partial charge in [-0.1, -0.05) is 44.2 Å². The molecule has 0 aliphatic rings. The van der Waals surface area contributed by atoms with Crippen LogP contribution in [0.1, 0.15) is 20.3 Å². The summed E-state index contributed by atoms with van der Waals surface area (Å²) in [6, 6.07) is 9.56. The second-order valence-electron chi connectivity index (χ2n) is 5.04. The van der Waals surface area contributed by atoms with Crippen LogP contribution < -0.4 is 5.32 Å². The molecule has 2 aromatic rings. The average Bonchev–Trinajstić information content (AvgIpc) is 2.88. The lowest BCUT2D eigenvalue weighted by molar-refractivity contribution is -0.122. The van der Waals surface area contributed by atoms with E-state index < -0.39 is 0 Å². The van der Waals surface area contributed by atoms with Crippen molar-refractivity contribution in [1.82, 2.24) is 25.5 Å². The van der Waals surface area contributed by atoms with Gasteiger partial charge in [0.15, 0.2) is 0 Å². The molecular formula is C14H19N5O. The van der Waals surface area contributed by atoms with Crippen molar-refractivity contribution < 1.29 is 4.79 Å².